The van der Waals surface area contributed by atoms with E-state index in [2.05, 4.69) is 16.9 Å². The molecule has 0 bridgehead atoms. The lowest BCUT2D eigenvalue weighted by atomic mass is 10.1. The number of aromatic nitrogens is 2. The Labute approximate surface area is 191 Å². The highest BCUT2D eigenvalue weighted by molar-refractivity contribution is 7.92. The first-order valence-electron chi connectivity index (χ1n) is 10.1. The number of amides is 1. The van der Waals surface area contributed by atoms with Crippen LogP contribution in [0.4, 0.5) is 0 Å². The van der Waals surface area contributed by atoms with Gasteiger partial charge in [-0.25, -0.2) is 13.9 Å². The molecule has 0 radical (unpaired) electrons. The monoisotopic (exact) mass is 471 g/mol. The first-order chi connectivity index (χ1) is 15.7. The largest absolute Gasteiger partial charge is 0.491 e. The van der Waals surface area contributed by atoms with Gasteiger partial charge in [-0.3, -0.25) is 14.7 Å². The molecule has 1 aromatic heterocycles. The number of carbonyl (C=O) groups excluding carboxylic acids is 1. The maximum Gasteiger partial charge on any atom is 0.264 e. The molecule has 0 aliphatic rings. The van der Waals surface area contributed by atoms with E-state index >= 15 is 0 Å². The average Bonchev–Trinajstić information content (AvgIpc) is 3.21. The van der Waals surface area contributed by atoms with Crippen molar-refractivity contribution in [2.45, 2.75) is 24.6 Å². The molecule has 1 heterocycles. The molecule has 1 unspecified atom stereocenters. The maximum atomic E-state index is 12.1. The smallest absolute Gasteiger partial charge is 0.264 e. The Bertz CT molecular complexity index is 1310. The third kappa shape index (κ3) is 5.70. The van der Waals surface area contributed by atoms with Crippen LogP contribution in [0.5, 0.6) is 5.75 Å². The second-order valence-electron chi connectivity index (χ2n) is 7.71. The average molecular weight is 472 g/mol. The molecule has 3 aromatic rings. The quantitative estimate of drug-likeness (QED) is 0.258. The van der Waals surface area contributed by atoms with Crippen molar-refractivity contribution in [2.24, 2.45) is 0 Å². The van der Waals surface area contributed by atoms with Gasteiger partial charge in [-0.1, -0.05) is 11.8 Å². The normalized spacial score (nSPS) is 13.1. The second-order valence-corrected chi connectivity index (χ2v) is 10.2. The van der Waals surface area contributed by atoms with Gasteiger partial charge in [-0.2, -0.15) is 5.10 Å². The van der Waals surface area contributed by atoms with E-state index in [0.29, 0.717) is 11.3 Å². The summed E-state index contributed by atoms with van der Waals surface area (Å²) in [6.45, 7) is 1.63. The molecule has 0 aliphatic heterocycles. The van der Waals surface area contributed by atoms with Crippen LogP contribution in [-0.4, -0.2) is 58.6 Å². The summed E-state index contributed by atoms with van der Waals surface area (Å²) >= 11 is 0. The Morgan fingerprint density at radius 3 is 2.48 bits per heavy atom. The first-order valence-corrected chi connectivity index (χ1v) is 12.0. The highest BCUT2D eigenvalue weighted by Gasteiger charge is 2.43. The van der Waals surface area contributed by atoms with Crippen LogP contribution in [0.15, 0.2) is 48.7 Å². The Hall–Kier alpha value is -3.39. The molecule has 9 nitrogen and oxygen atoms in total. The summed E-state index contributed by atoms with van der Waals surface area (Å²) < 4.78 is 29.3. The summed E-state index contributed by atoms with van der Waals surface area (Å²) in [5.41, 5.74) is 3.74. The number of aliphatic hydroxyl groups is 1. The maximum absolute atomic E-state index is 12.1. The number of nitrogens with one attached hydrogen (secondary N) is 1. The summed E-state index contributed by atoms with van der Waals surface area (Å²) in [6.07, 6.45) is 2.66. The summed E-state index contributed by atoms with van der Waals surface area (Å²) in [7, 11) is -3.77. The first kappa shape index (κ1) is 24.3. The lowest BCUT2D eigenvalue weighted by Crippen LogP contribution is -2.49. The molecular formula is C23H25N3O6S. The van der Waals surface area contributed by atoms with Gasteiger partial charge in [-0.15, -0.1) is 0 Å². The van der Waals surface area contributed by atoms with E-state index in [0.717, 1.165) is 22.8 Å². The summed E-state index contributed by atoms with van der Waals surface area (Å²) in [4.78, 5) is 12.0. The van der Waals surface area contributed by atoms with Crippen molar-refractivity contribution >= 4 is 26.6 Å². The van der Waals surface area contributed by atoms with Crippen molar-refractivity contribution in [3.63, 3.8) is 0 Å². The van der Waals surface area contributed by atoms with Gasteiger partial charge in [0.1, 0.15) is 12.4 Å². The molecule has 0 saturated carbocycles. The van der Waals surface area contributed by atoms with Gasteiger partial charge in [0.2, 0.25) is 0 Å². The Morgan fingerprint density at radius 2 is 1.85 bits per heavy atom. The van der Waals surface area contributed by atoms with Gasteiger partial charge < -0.3 is 9.84 Å². The SMILES string of the molecule is CC(CCn1cc2cc(C#Cc3ccc(OCCO)cc3)ccc2n1)(C(=O)NO)S(C)(=O)=O. The van der Waals surface area contributed by atoms with Gasteiger partial charge in [0, 0.05) is 35.5 Å². The number of rotatable bonds is 8. The van der Waals surface area contributed by atoms with E-state index < -0.39 is 20.5 Å². The minimum atomic E-state index is -3.77. The standard InChI is InChI=1S/C23H25N3O6S/c1-23(22(28)25-29,33(2,30)31)11-12-26-16-19-15-18(7-10-21(19)24-26)4-3-17-5-8-20(9-6-17)32-14-13-27/h5-10,15-16,27,29H,11-14H2,1-2H3,(H,25,28). The summed E-state index contributed by atoms with van der Waals surface area (Å²) in [5, 5.41) is 23.0. The topological polar surface area (TPSA) is 131 Å². The molecule has 0 spiro atoms. The molecule has 3 N–H and O–H groups in total. The zero-order chi connectivity index (χ0) is 24.1. The van der Waals surface area contributed by atoms with Crippen LogP contribution in [0.2, 0.25) is 0 Å². The van der Waals surface area contributed by atoms with Crippen LogP contribution in [-0.2, 0) is 21.2 Å². The predicted octanol–water partition coefficient (Wildman–Crippen LogP) is 1.51. The molecule has 0 fully saturated rings. The second kappa shape index (κ2) is 10.0. The molecule has 10 heteroatoms. The number of sulfone groups is 1. The van der Waals surface area contributed by atoms with Gasteiger partial charge >= 0.3 is 0 Å². The van der Waals surface area contributed by atoms with E-state index in [1.165, 1.54) is 12.4 Å². The Kier molecular flexibility index (Phi) is 7.38. The van der Waals surface area contributed by atoms with Crippen molar-refractivity contribution in [3.05, 3.63) is 59.8 Å². The van der Waals surface area contributed by atoms with E-state index in [1.807, 2.05) is 30.3 Å². The summed E-state index contributed by atoms with van der Waals surface area (Å²) in [6, 6.07) is 12.8. The molecular weight excluding hydrogens is 446 g/mol. The van der Waals surface area contributed by atoms with Crippen LogP contribution < -0.4 is 10.2 Å². The fraction of sp³-hybridized carbons (Fsp3) is 0.304. The summed E-state index contributed by atoms with van der Waals surface area (Å²) in [5.74, 6) is 5.85. The number of hydrogen-bond acceptors (Lipinski definition) is 7. The van der Waals surface area contributed by atoms with Gasteiger partial charge in [0.15, 0.2) is 14.6 Å². The van der Waals surface area contributed by atoms with E-state index in [9.17, 15) is 13.2 Å². The van der Waals surface area contributed by atoms with E-state index in [1.54, 1.807) is 23.0 Å². The molecule has 2 aromatic carbocycles. The number of hydrogen-bond donors (Lipinski definition) is 3. The van der Waals surface area contributed by atoms with Gasteiger partial charge in [0.25, 0.3) is 5.91 Å². The Morgan fingerprint density at radius 1 is 1.18 bits per heavy atom. The third-order valence-electron chi connectivity index (χ3n) is 5.34. The third-order valence-corrected chi connectivity index (χ3v) is 7.36. The van der Waals surface area contributed by atoms with Crippen LogP contribution >= 0.6 is 0 Å². The number of benzene rings is 2. The number of aliphatic hydroxyl groups excluding tert-OH is 1. The van der Waals surface area contributed by atoms with Crippen LogP contribution in [0.3, 0.4) is 0 Å². The lowest BCUT2D eigenvalue weighted by Gasteiger charge is -2.24. The molecule has 1 atom stereocenters. The van der Waals surface area contributed by atoms with Crippen molar-refractivity contribution in [3.8, 4) is 17.6 Å². The highest BCUT2D eigenvalue weighted by atomic mass is 32.2. The number of nitrogens with zero attached hydrogens (tertiary/aromatic N) is 2. The number of ether oxygens (including phenoxy) is 1. The van der Waals surface area contributed by atoms with Crippen LogP contribution in [0.25, 0.3) is 10.9 Å². The number of aryl methyl sites for hydroxylation is 1. The zero-order valence-corrected chi connectivity index (χ0v) is 19.1. The molecule has 1 amide bonds. The van der Waals surface area contributed by atoms with E-state index in [-0.39, 0.29) is 26.2 Å². The molecule has 3 rings (SSSR count). The number of fused-ring (bicyclic) bond motifs is 1. The minimum absolute atomic E-state index is 0.0460. The lowest BCUT2D eigenvalue weighted by molar-refractivity contribution is -0.131. The fourth-order valence-electron chi connectivity index (χ4n) is 3.12. The highest BCUT2D eigenvalue weighted by Crippen LogP contribution is 2.23. The molecule has 0 saturated heterocycles. The Balaban J connectivity index is 1.75. The number of carbonyl (C=O) groups is 1. The number of hydroxylamine groups is 1. The molecule has 33 heavy (non-hydrogen) atoms. The fourth-order valence-corrected chi connectivity index (χ4v) is 3.97. The van der Waals surface area contributed by atoms with Crippen molar-refractivity contribution < 1.29 is 28.3 Å². The van der Waals surface area contributed by atoms with E-state index in [4.69, 9.17) is 15.1 Å². The molecule has 174 valence electrons. The van der Waals surface area contributed by atoms with Gasteiger partial charge in [-0.05, 0) is 55.8 Å². The van der Waals surface area contributed by atoms with Crippen LogP contribution in [0, 0.1) is 11.8 Å². The minimum Gasteiger partial charge on any atom is -0.491 e. The van der Waals surface area contributed by atoms with Crippen molar-refractivity contribution in [2.75, 3.05) is 19.5 Å². The van der Waals surface area contributed by atoms with Crippen molar-refractivity contribution in [1.29, 1.82) is 0 Å². The van der Waals surface area contributed by atoms with Crippen LogP contribution in [0.1, 0.15) is 24.5 Å². The zero-order valence-electron chi connectivity index (χ0n) is 18.3. The molecule has 0 aliphatic carbocycles. The van der Waals surface area contributed by atoms with Gasteiger partial charge in [0.05, 0.1) is 12.1 Å². The van der Waals surface area contributed by atoms with Crippen molar-refractivity contribution in [1.82, 2.24) is 15.3 Å². The predicted molar refractivity (Wildman–Crippen MR) is 123 cm³/mol.